The molecule has 3 rings (SSSR count). The molecule has 1 fully saturated rings. The molecular weight excluding hydrogens is 350 g/mol. The lowest BCUT2D eigenvalue weighted by atomic mass is 10.2. The van der Waals surface area contributed by atoms with Crippen molar-refractivity contribution < 1.29 is 18.7 Å². The van der Waals surface area contributed by atoms with Crippen LogP contribution in [0.25, 0.3) is 6.08 Å². The number of allylic oxidation sites excluding steroid dienone is 2. The molecule has 1 aromatic heterocycles. The van der Waals surface area contributed by atoms with Gasteiger partial charge in [-0.25, -0.2) is 0 Å². The number of hydrogen-bond donors (Lipinski definition) is 0. The molecule has 26 heavy (non-hydrogen) atoms. The maximum atomic E-state index is 12.5. The van der Waals surface area contributed by atoms with Crippen LogP contribution in [0.2, 0.25) is 0 Å². The Morgan fingerprint density at radius 3 is 2.85 bits per heavy atom. The number of carbonyl (C=O) groups excluding carboxylic acids is 2. The van der Waals surface area contributed by atoms with Gasteiger partial charge in [-0.2, -0.15) is 0 Å². The molecule has 0 aliphatic carbocycles. The Balaban J connectivity index is 1.60. The van der Waals surface area contributed by atoms with Crippen LogP contribution in [0.15, 0.2) is 63.6 Å². The molecule has 1 aromatic carbocycles. The summed E-state index contributed by atoms with van der Waals surface area (Å²) >= 11 is 0.943. The Hall–Kier alpha value is -2.73. The van der Waals surface area contributed by atoms with Gasteiger partial charge in [-0.05, 0) is 73.2 Å². The number of aryl methyl sites for hydroxylation is 1. The molecular formula is C20H19NO4S. The number of rotatable bonds is 6. The second-order valence-corrected chi connectivity index (χ2v) is 6.90. The first-order valence-corrected chi connectivity index (χ1v) is 9.01. The average Bonchev–Trinajstić information content (AvgIpc) is 3.18. The summed E-state index contributed by atoms with van der Waals surface area (Å²) in [6.45, 7) is 4.32. The number of nitrogens with zero attached hydrogens (tertiary/aromatic N) is 1. The lowest BCUT2D eigenvalue weighted by molar-refractivity contribution is -0.123. The molecule has 2 amide bonds. The van der Waals surface area contributed by atoms with Gasteiger partial charge in [0.15, 0.2) is 0 Å². The third-order valence-corrected chi connectivity index (χ3v) is 4.63. The van der Waals surface area contributed by atoms with E-state index in [0.29, 0.717) is 10.7 Å². The molecule has 5 nitrogen and oxygen atoms in total. The van der Waals surface area contributed by atoms with Gasteiger partial charge in [0, 0.05) is 0 Å². The first-order valence-electron chi connectivity index (χ1n) is 8.19. The van der Waals surface area contributed by atoms with Crippen molar-refractivity contribution in [2.24, 2.45) is 0 Å². The quantitative estimate of drug-likeness (QED) is 0.694. The van der Waals surface area contributed by atoms with Gasteiger partial charge < -0.3 is 9.15 Å². The fraction of sp³-hybridized carbons (Fsp3) is 0.200. The van der Waals surface area contributed by atoms with Crippen LogP contribution in [0, 0.1) is 6.92 Å². The molecule has 1 aliphatic rings. The van der Waals surface area contributed by atoms with Gasteiger partial charge in [-0.15, -0.1) is 0 Å². The summed E-state index contributed by atoms with van der Waals surface area (Å²) in [5.41, 5.74) is 1.93. The minimum atomic E-state index is -0.292. The van der Waals surface area contributed by atoms with Crippen LogP contribution < -0.4 is 4.74 Å². The summed E-state index contributed by atoms with van der Waals surface area (Å²) in [7, 11) is 0. The largest absolute Gasteiger partial charge is 0.492 e. The van der Waals surface area contributed by atoms with Crippen LogP contribution >= 0.6 is 11.8 Å². The molecule has 0 atom stereocenters. The Morgan fingerprint density at radius 2 is 2.12 bits per heavy atom. The number of benzene rings is 1. The summed E-state index contributed by atoms with van der Waals surface area (Å²) in [6.07, 6.45) is 5.10. The highest BCUT2D eigenvalue weighted by molar-refractivity contribution is 8.18. The van der Waals surface area contributed by atoms with E-state index in [9.17, 15) is 9.59 Å². The highest BCUT2D eigenvalue weighted by atomic mass is 32.2. The lowest BCUT2D eigenvalue weighted by Gasteiger charge is -2.13. The zero-order chi connectivity index (χ0) is 18.5. The molecule has 6 heteroatoms. The van der Waals surface area contributed by atoms with Crippen LogP contribution in [0.3, 0.4) is 0 Å². The van der Waals surface area contributed by atoms with E-state index < -0.39 is 0 Å². The Labute approximate surface area is 156 Å². The van der Waals surface area contributed by atoms with E-state index in [2.05, 4.69) is 0 Å². The summed E-state index contributed by atoms with van der Waals surface area (Å²) in [6, 6.07) is 11.3. The Bertz CT molecular complexity index is 868. The number of thioether (sulfide) groups is 1. The topological polar surface area (TPSA) is 59.8 Å². The van der Waals surface area contributed by atoms with E-state index in [0.717, 1.165) is 28.6 Å². The number of imide groups is 1. The first-order chi connectivity index (χ1) is 12.5. The first kappa shape index (κ1) is 18.1. The maximum absolute atomic E-state index is 12.5. The fourth-order valence-electron chi connectivity index (χ4n) is 2.50. The predicted molar refractivity (Wildman–Crippen MR) is 102 cm³/mol. The van der Waals surface area contributed by atoms with Crippen LogP contribution in [-0.2, 0) is 4.79 Å². The smallest absolute Gasteiger partial charge is 0.293 e. The fourth-order valence-corrected chi connectivity index (χ4v) is 3.41. The molecule has 1 saturated heterocycles. The van der Waals surface area contributed by atoms with Crippen molar-refractivity contribution in [3.8, 4) is 5.75 Å². The summed E-state index contributed by atoms with van der Waals surface area (Å²) in [5.74, 6) is 1.13. The minimum absolute atomic E-state index is 0.219. The molecule has 2 aromatic rings. The highest BCUT2D eigenvalue weighted by Crippen LogP contribution is 2.31. The molecule has 0 bridgehead atoms. The highest BCUT2D eigenvalue weighted by Gasteiger charge is 2.34. The van der Waals surface area contributed by atoms with Gasteiger partial charge in [-0.3, -0.25) is 14.5 Å². The van der Waals surface area contributed by atoms with Gasteiger partial charge in [-0.1, -0.05) is 12.1 Å². The van der Waals surface area contributed by atoms with E-state index in [-0.39, 0.29) is 24.3 Å². The van der Waals surface area contributed by atoms with Crippen LogP contribution in [0.1, 0.15) is 18.2 Å². The van der Waals surface area contributed by atoms with Crippen molar-refractivity contribution in [1.82, 2.24) is 4.90 Å². The van der Waals surface area contributed by atoms with Crippen molar-refractivity contribution in [3.63, 3.8) is 0 Å². The van der Waals surface area contributed by atoms with Crippen molar-refractivity contribution in [1.29, 1.82) is 0 Å². The maximum Gasteiger partial charge on any atom is 0.293 e. The van der Waals surface area contributed by atoms with E-state index >= 15 is 0 Å². The monoisotopic (exact) mass is 369 g/mol. The van der Waals surface area contributed by atoms with E-state index in [1.165, 1.54) is 4.90 Å². The molecule has 0 saturated carbocycles. The zero-order valence-corrected chi connectivity index (χ0v) is 15.4. The SMILES string of the molecule is CC(/C=C1\SC(=O)N(CCOc2cccc(C)c2)C1=O)=C\c1ccco1. The molecule has 0 N–H and O–H groups in total. The van der Waals surface area contributed by atoms with Crippen molar-refractivity contribution in [2.75, 3.05) is 13.2 Å². The molecule has 134 valence electrons. The Morgan fingerprint density at radius 1 is 1.27 bits per heavy atom. The average molecular weight is 369 g/mol. The van der Waals surface area contributed by atoms with Crippen molar-refractivity contribution >= 4 is 29.0 Å². The van der Waals surface area contributed by atoms with Crippen molar-refractivity contribution in [3.05, 3.63) is 70.5 Å². The number of amides is 2. The number of ether oxygens (including phenoxy) is 1. The molecule has 0 radical (unpaired) electrons. The summed E-state index contributed by atoms with van der Waals surface area (Å²) < 4.78 is 10.9. The second kappa shape index (κ2) is 8.10. The van der Waals surface area contributed by atoms with Crippen LogP contribution in [0.5, 0.6) is 5.75 Å². The third kappa shape index (κ3) is 4.46. The van der Waals surface area contributed by atoms with Crippen LogP contribution in [0.4, 0.5) is 4.79 Å². The summed E-state index contributed by atoms with van der Waals surface area (Å²) in [5, 5.41) is -0.278. The van der Waals surface area contributed by atoms with E-state index in [1.54, 1.807) is 18.4 Å². The Kier molecular flexibility index (Phi) is 5.63. The predicted octanol–water partition coefficient (Wildman–Crippen LogP) is 4.65. The standard InChI is InChI=1S/C20H19NO4S/c1-14-5-3-6-16(11-14)25-10-8-21-19(22)18(26-20(21)23)13-15(2)12-17-7-4-9-24-17/h3-7,9,11-13H,8,10H2,1-2H3/b15-12+,18-13-. The second-order valence-electron chi connectivity index (χ2n) is 5.90. The number of furan rings is 1. The number of hydrogen-bond acceptors (Lipinski definition) is 5. The molecule has 1 aliphatic heterocycles. The van der Waals surface area contributed by atoms with E-state index in [4.69, 9.17) is 9.15 Å². The molecule has 2 heterocycles. The lowest BCUT2D eigenvalue weighted by Crippen LogP contribution is -2.32. The number of carbonyl (C=O) groups is 2. The minimum Gasteiger partial charge on any atom is -0.492 e. The zero-order valence-electron chi connectivity index (χ0n) is 14.6. The van der Waals surface area contributed by atoms with Gasteiger partial charge in [0.05, 0.1) is 17.7 Å². The summed E-state index contributed by atoms with van der Waals surface area (Å²) in [4.78, 5) is 26.2. The van der Waals surface area contributed by atoms with Crippen molar-refractivity contribution in [2.45, 2.75) is 13.8 Å². The molecule has 0 spiro atoms. The van der Waals surface area contributed by atoms with Gasteiger partial charge in [0.25, 0.3) is 11.1 Å². The van der Waals surface area contributed by atoms with Gasteiger partial charge in [0.1, 0.15) is 18.1 Å². The van der Waals surface area contributed by atoms with Gasteiger partial charge >= 0.3 is 0 Å². The van der Waals surface area contributed by atoms with Gasteiger partial charge in [0.2, 0.25) is 0 Å². The van der Waals surface area contributed by atoms with E-state index in [1.807, 2.05) is 50.3 Å². The molecule has 0 unspecified atom stereocenters. The normalized spacial score (nSPS) is 16.6. The third-order valence-electron chi connectivity index (χ3n) is 3.72. The van der Waals surface area contributed by atoms with Crippen LogP contribution in [-0.4, -0.2) is 29.2 Å².